The summed E-state index contributed by atoms with van der Waals surface area (Å²) in [6, 6.07) is 6.00. The molecular weight excluding hydrogens is 294 g/mol. The van der Waals surface area contributed by atoms with Crippen LogP contribution < -0.4 is 5.73 Å². The maximum atomic E-state index is 5.78. The molecule has 5 nitrogen and oxygen atoms in total. The molecule has 18 heavy (non-hydrogen) atoms. The number of hydrogen-bond acceptors (Lipinski definition) is 4. The van der Waals surface area contributed by atoms with Crippen LogP contribution in [0.5, 0.6) is 0 Å². The first-order valence-corrected chi connectivity index (χ1v) is 6.18. The predicted octanol–water partition coefficient (Wildman–Crippen LogP) is 2.67. The van der Waals surface area contributed by atoms with Gasteiger partial charge in [0.2, 0.25) is 0 Å². The lowest BCUT2D eigenvalue weighted by Gasteiger charge is -2.03. The van der Waals surface area contributed by atoms with Gasteiger partial charge in [-0.3, -0.25) is 0 Å². The van der Waals surface area contributed by atoms with Crippen molar-refractivity contribution >= 4 is 32.9 Å². The summed E-state index contributed by atoms with van der Waals surface area (Å²) in [5, 5.41) is 0. The smallest absolute Gasteiger partial charge is 0.183 e. The summed E-state index contributed by atoms with van der Waals surface area (Å²) >= 11 is 3.57. The van der Waals surface area contributed by atoms with Crippen LogP contribution >= 0.6 is 15.9 Å². The van der Waals surface area contributed by atoms with Crippen LogP contribution in [-0.4, -0.2) is 19.9 Å². The second kappa shape index (κ2) is 4.06. The van der Waals surface area contributed by atoms with Crippen molar-refractivity contribution in [3.63, 3.8) is 0 Å². The van der Waals surface area contributed by atoms with Crippen LogP contribution in [0.25, 0.3) is 22.6 Å². The molecule has 0 atom stereocenters. The number of aryl methyl sites for hydroxylation is 1. The molecule has 0 bridgehead atoms. The number of imidazole rings is 1. The van der Waals surface area contributed by atoms with Gasteiger partial charge in [0.25, 0.3) is 0 Å². The van der Waals surface area contributed by atoms with E-state index in [0.29, 0.717) is 17.0 Å². The minimum atomic E-state index is 0.405. The number of benzene rings is 1. The van der Waals surface area contributed by atoms with Crippen molar-refractivity contribution in [2.75, 3.05) is 5.73 Å². The molecule has 6 heteroatoms. The minimum absolute atomic E-state index is 0.405. The van der Waals surface area contributed by atoms with Crippen molar-refractivity contribution in [2.45, 2.75) is 6.92 Å². The number of nitrogens with one attached hydrogen (secondary N) is 1. The number of rotatable bonds is 1. The first-order valence-electron chi connectivity index (χ1n) is 5.38. The van der Waals surface area contributed by atoms with E-state index in [4.69, 9.17) is 5.73 Å². The normalized spacial score (nSPS) is 11.0. The van der Waals surface area contributed by atoms with Crippen LogP contribution in [0.3, 0.4) is 0 Å². The van der Waals surface area contributed by atoms with Crippen molar-refractivity contribution in [3.8, 4) is 11.4 Å². The number of H-pyrrole nitrogens is 1. The number of aromatic amines is 1. The number of aromatic nitrogens is 4. The Labute approximate surface area is 112 Å². The van der Waals surface area contributed by atoms with E-state index in [0.717, 1.165) is 21.4 Å². The molecule has 0 unspecified atom stereocenters. The third-order valence-electron chi connectivity index (χ3n) is 2.76. The number of halogens is 1. The lowest BCUT2D eigenvalue weighted by atomic mass is 10.1. The molecule has 0 saturated heterocycles. The lowest BCUT2D eigenvalue weighted by molar-refractivity contribution is 1.21. The highest BCUT2D eigenvalue weighted by atomic mass is 79.9. The van der Waals surface area contributed by atoms with E-state index < -0.39 is 0 Å². The van der Waals surface area contributed by atoms with Gasteiger partial charge >= 0.3 is 0 Å². The molecule has 3 N–H and O–H groups in total. The molecule has 2 heterocycles. The number of anilines is 1. The maximum Gasteiger partial charge on any atom is 0.183 e. The molecule has 1 aromatic carbocycles. The Morgan fingerprint density at radius 1 is 1.28 bits per heavy atom. The summed E-state index contributed by atoms with van der Waals surface area (Å²) in [5.41, 5.74) is 9.15. The molecule has 2 aromatic heterocycles. The second-order valence-electron chi connectivity index (χ2n) is 3.98. The Balaban J connectivity index is 2.26. The van der Waals surface area contributed by atoms with Crippen LogP contribution in [0, 0.1) is 6.92 Å². The van der Waals surface area contributed by atoms with E-state index in [1.54, 1.807) is 0 Å². The average Bonchev–Trinajstić information content (AvgIpc) is 2.78. The van der Waals surface area contributed by atoms with Gasteiger partial charge in [-0.15, -0.1) is 0 Å². The third-order valence-corrected chi connectivity index (χ3v) is 3.82. The molecule has 0 saturated carbocycles. The number of nitrogens with two attached hydrogens (primary N) is 1. The topological polar surface area (TPSA) is 80.5 Å². The van der Waals surface area contributed by atoms with Gasteiger partial charge < -0.3 is 10.7 Å². The Morgan fingerprint density at radius 3 is 2.89 bits per heavy atom. The van der Waals surface area contributed by atoms with Gasteiger partial charge in [-0.1, -0.05) is 18.2 Å². The Hall–Kier alpha value is -1.95. The van der Waals surface area contributed by atoms with Gasteiger partial charge in [-0.05, 0) is 28.4 Å². The molecule has 90 valence electrons. The summed E-state index contributed by atoms with van der Waals surface area (Å²) in [6.07, 6.45) is 1.41. The zero-order valence-corrected chi connectivity index (χ0v) is 11.2. The molecule has 0 spiro atoms. The lowest BCUT2D eigenvalue weighted by Crippen LogP contribution is -1.91. The molecule has 0 radical (unpaired) electrons. The van der Waals surface area contributed by atoms with E-state index in [-0.39, 0.29) is 0 Å². The third kappa shape index (κ3) is 1.65. The number of nitrogen functional groups attached to an aromatic ring is 1. The molecule has 3 rings (SSSR count). The Kier molecular flexibility index (Phi) is 2.52. The SMILES string of the molecule is Cc1cccc(-c2nc3ncnc(N)c3[nH]2)c1Br. The summed E-state index contributed by atoms with van der Waals surface area (Å²) in [5.74, 6) is 1.13. The predicted molar refractivity (Wildman–Crippen MR) is 74.0 cm³/mol. The second-order valence-corrected chi connectivity index (χ2v) is 4.77. The van der Waals surface area contributed by atoms with Crippen molar-refractivity contribution in [2.24, 2.45) is 0 Å². The number of fused-ring (bicyclic) bond motifs is 1. The zero-order valence-electron chi connectivity index (χ0n) is 9.61. The van der Waals surface area contributed by atoms with Crippen molar-refractivity contribution in [1.82, 2.24) is 19.9 Å². The van der Waals surface area contributed by atoms with Gasteiger partial charge in [0.1, 0.15) is 17.7 Å². The van der Waals surface area contributed by atoms with Gasteiger partial charge in [-0.25, -0.2) is 15.0 Å². The summed E-state index contributed by atoms with van der Waals surface area (Å²) < 4.78 is 1.01. The molecule has 0 fully saturated rings. The quantitative estimate of drug-likeness (QED) is 0.724. The van der Waals surface area contributed by atoms with Gasteiger partial charge in [0.05, 0.1) is 0 Å². The van der Waals surface area contributed by atoms with E-state index >= 15 is 0 Å². The Morgan fingerprint density at radius 2 is 2.11 bits per heavy atom. The summed E-state index contributed by atoms with van der Waals surface area (Å²) in [7, 11) is 0. The van der Waals surface area contributed by atoms with Crippen LogP contribution in [0.2, 0.25) is 0 Å². The molecule has 0 amide bonds. The van der Waals surface area contributed by atoms with E-state index in [9.17, 15) is 0 Å². The first kappa shape index (κ1) is 11.2. The zero-order chi connectivity index (χ0) is 12.7. The highest BCUT2D eigenvalue weighted by Crippen LogP contribution is 2.30. The van der Waals surface area contributed by atoms with Crippen molar-refractivity contribution in [3.05, 3.63) is 34.6 Å². The molecule has 0 aliphatic carbocycles. The first-order chi connectivity index (χ1) is 8.66. The number of nitrogens with zero attached hydrogens (tertiary/aromatic N) is 3. The summed E-state index contributed by atoms with van der Waals surface area (Å²) in [4.78, 5) is 15.6. The average molecular weight is 304 g/mol. The standard InChI is InChI=1S/C12H10BrN5/c1-6-3-2-4-7(8(6)13)11-17-9-10(14)15-5-16-12(9)18-11/h2-5H,1H3,(H3,14,15,16,17,18). The van der Waals surface area contributed by atoms with Crippen LogP contribution in [0.4, 0.5) is 5.82 Å². The molecule has 0 aliphatic rings. The minimum Gasteiger partial charge on any atom is -0.382 e. The Bertz CT molecular complexity index is 734. The maximum absolute atomic E-state index is 5.78. The molecule has 0 aliphatic heterocycles. The van der Waals surface area contributed by atoms with E-state index in [1.807, 2.05) is 25.1 Å². The van der Waals surface area contributed by atoms with Crippen LogP contribution in [0.1, 0.15) is 5.56 Å². The fourth-order valence-corrected chi connectivity index (χ4v) is 2.26. The summed E-state index contributed by atoms with van der Waals surface area (Å²) in [6.45, 7) is 2.03. The van der Waals surface area contributed by atoms with Gasteiger partial charge in [-0.2, -0.15) is 0 Å². The highest BCUT2D eigenvalue weighted by Gasteiger charge is 2.12. The monoisotopic (exact) mass is 303 g/mol. The van der Waals surface area contributed by atoms with Crippen molar-refractivity contribution < 1.29 is 0 Å². The fraction of sp³-hybridized carbons (Fsp3) is 0.0833. The van der Waals surface area contributed by atoms with Gasteiger partial charge in [0.15, 0.2) is 11.5 Å². The largest absolute Gasteiger partial charge is 0.382 e. The van der Waals surface area contributed by atoms with Crippen molar-refractivity contribution in [1.29, 1.82) is 0 Å². The molecule has 3 aromatic rings. The van der Waals surface area contributed by atoms with Crippen LogP contribution in [0.15, 0.2) is 29.0 Å². The number of hydrogen-bond donors (Lipinski definition) is 2. The van der Waals surface area contributed by atoms with Gasteiger partial charge in [0, 0.05) is 10.0 Å². The van der Waals surface area contributed by atoms with E-state index in [2.05, 4.69) is 35.9 Å². The van der Waals surface area contributed by atoms with E-state index in [1.165, 1.54) is 6.33 Å². The fourth-order valence-electron chi connectivity index (χ4n) is 1.80. The van der Waals surface area contributed by atoms with Crippen LogP contribution in [-0.2, 0) is 0 Å². The molecular formula is C12H10BrN5. The highest BCUT2D eigenvalue weighted by molar-refractivity contribution is 9.10.